The smallest absolute Gasteiger partial charge is 0.316 e. The van der Waals surface area contributed by atoms with Crippen molar-refractivity contribution in [1.82, 2.24) is 0 Å². The molecule has 5 heteroatoms. The normalized spacial score (nSPS) is 16.9. The van der Waals surface area contributed by atoms with Gasteiger partial charge in [-0.25, -0.2) is 9.59 Å². The monoisotopic (exact) mass is 245 g/mol. The number of aliphatic imine (C=N–C) groups is 1. The Hall–Kier alpha value is -2.13. The maximum absolute atomic E-state index is 10.8. The molecule has 1 aliphatic carbocycles. The Kier molecular flexibility index (Phi) is 3.44. The highest BCUT2D eigenvalue weighted by atomic mass is 16.2. The van der Waals surface area contributed by atoms with Crippen molar-refractivity contribution in [2.45, 2.75) is 31.2 Å². The van der Waals surface area contributed by atoms with Gasteiger partial charge in [0.15, 0.2) is 0 Å². The second kappa shape index (κ2) is 5.02. The number of nitrogens with two attached hydrogens (primary N) is 1. The van der Waals surface area contributed by atoms with Gasteiger partial charge in [0.1, 0.15) is 0 Å². The first-order chi connectivity index (χ1) is 8.66. The van der Waals surface area contributed by atoms with E-state index in [2.05, 4.69) is 10.3 Å². The Morgan fingerprint density at radius 1 is 1.39 bits per heavy atom. The van der Waals surface area contributed by atoms with E-state index in [0.29, 0.717) is 5.69 Å². The van der Waals surface area contributed by atoms with Crippen LogP contribution in [0.15, 0.2) is 29.3 Å². The molecule has 1 fully saturated rings. The Morgan fingerprint density at radius 3 is 2.72 bits per heavy atom. The summed E-state index contributed by atoms with van der Waals surface area (Å²) in [6, 6.07) is 6.70. The molecule has 3 N–H and O–H groups in total. The molecule has 94 valence electrons. The number of nitrogens with one attached hydrogen (secondary N) is 1. The van der Waals surface area contributed by atoms with Crippen molar-refractivity contribution in [2.75, 3.05) is 5.32 Å². The van der Waals surface area contributed by atoms with Crippen LogP contribution in [0.25, 0.3) is 0 Å². The molecule has 5 nitrogen and oxygen atoms in total. The highest BCUT2D eigenvalue weighted by Crippen LogP contribution is 2.42. The van der Waals surface area contributed by atoms with Crippen molar-refractivity contribution in [3.05, 3.63) is 29.8 Å². The molecule has 1 saturated carbocycles. The predicted octanol–water partition coefficient (Wildman–Crippen LogP) is 2.28. The predicted molar refractivity (Wildman–Crippen MR) is 67.9 cm³/mol. The van der Waals surface area contributed by atoms with Crippen molar-refractivity contribution in [1.29, 1.82) is 0 Å². The van der Waals surface area contributed by atoms with Crippen LogP contribution in [-0.2, 0) is 10.3 Å². The first-order valence-electron chi connectivity index (χ1n) is 5.92. The van der Waals surface area contributed by atoms with Gasteiger partial charge in [0, 0.05) is 5.69 Å². The molecule has 0 heterocycles. The van der Waals surface area contributed by atoms with Gasteiger partial charge in [0.25, 0.3) is 0 Å². The number of hydrogen-bond donors (Lipinski definition) is 2. The quantitative estimate of drug-likeness (QED) is 0.632. The van der Waals surface area contributed by atoms with Gasteiger partial charge in [-0.2, -0.15) is 4.99 Å². The molecule has 0 aliphatic heterocycles. The number of amides is 2. The molecule has 0 saturated heterocycles. The molecule has 0 atom stereocenters. The lowest BCUT2D eigenvalue weighted by molar-refractivity contribution is 0.259. The highest BCUT2D eigenvalue weighted by molar-refractivity contribution is 5.87. The number of isocyanates is 1. The number of carbonyl (C=O) groups excluding carboxylic acids is 2. The summed E-state index contributed by atoms with van der Waals surface area (Å²) in [5.41, 5.74) is 6.15. The van der Waals surface area contributed by atoms with Gasteiger partial charge in [-0.05, 0) is 30.5 Å². The topological polar surface area (TPSA) is 84.6 Å². The first-order valence-corrected chi connectivity index (χ1v) is 5.92. The molecular weight excluding hydrogens is 230 g/mol. The first kappa shape index (κ1) is 12.3. The van der Waals surface area contributed by atoms with Crippen LogP contribution in [0, 0.1) is 0 Å². The Morgan fingerprint density at radius 2 is 2.11 bits per heavy atom. The van der Waals surface area contributed by atoms with Crippen LogP contribution < -0.4 is 11.1 Å². The average molecular weight is 245 g/mol. The summed E-state index contributed by atoms with van der Waals surface area (Å²) in [4.78, 5) is 25.4. The number of hydrogen-bond acceptors (Lipinski definition) is 3. The van der Waals surface area contributed by atoms with Crippen LogP contribution >= 0.6 is 0 Å². The van der Waals surface area contributed by atoms with Crippen molar-refractivity contribution in [3.63, 3.8) is 0 Å². The van der Waals surface area contributed by atoms with Crippen LogP contribution in [0.4, 0.5) is 10.5 Å². The van der Waals surface area contributed by atoms with Gasteiger partial charge in [-0.3, -0.25) is 0 Å². The maximum atomic E-state index is 10.8. The summed E-state index contributed by atoms with van der Waals surface area (Å²) >= 11 is 0. The SMILES string of the molecule is NC(=O)Nc1cccc(C2(N=C=O)CCCC2)c1. The lowest BCUT2D eigenvalue weighted by Gasteiger charge is -2.23. The van der Waals surface area contributed by atoms with E-state index in [0.717, 1.165) is 31.2 Å². The maximum Gasteiger partial charge on any atom is 0.316 e. The Bertz CT molecular complexity index is 501. The minimum Gasteiger partial charge on any atom is -0.351 e. The summed E-state index contributed by atoms with van der Waals surface area (Å²) in [6.07, 6.45) is 5.42. The van der Waals surface area contributed by atoms with E-state index in [4.69, 9.17) is 5.73 Å². The van der Waals surface area contributed by atoms with Gasteiger partial charge < -0.3 is 11.1 Å². The van der Waals surface area contributed by atoms with Crippen molar-refractivity contribution >= 4 is 17.8 Å². The third kappa shape index (κ3) is 2.41. The molecule has 0 bridgehead atoms. The van der Waals surface area contributed by atoms with Gasteiger partial charge >= 0.3 is 6.03 Å². The van der Waals surface area contributed by atoms with E-state index >= 15 is 0 Å². The molecule has 0 unspecified atom stereocenters. The number of urea groups is 1. The number of carbonyl (C=O) groups is 1. The third-order valence-corrected chi connectivity index (χ3v) is 3.36. The lowest BCUT2D eigenvalue weighted by Crippen LogP contribution is -2.21. The number of rotatable bonds is 3. The van der Waals surface area contributed by atoms with Crippen LogP contribution in [0.2, 0.25) is 0 Å². The summed E-state index contributed by atoms with van der Waals surface area (Å²) in [5, 5.41) is 2.53. The molecule has 0 spiro atoms. The minimum absolute atomic E-state index is 0.475. The van der Waals surface area contributed by atoms with Gasteiger partial charge in [-0.1, -0.05) is 25.0 Å². The van der Waals surface area contributed by atoms with Crippen molar-refractivity contribution in [3.8, 4) is 0 Å². The van der Waals surface area contributed by atoms with Crippen molar-refractivity contribution < 1.29 is 9.59 Å². The molecule has 0 radical (unpaired) electrons. The van der Waals surface area contributed by atoms with Gasteiger partial charge in [0.2, 0.25) is 6.08 Å². The van der Waals surface area contributed by atoms with Gasteiger partial charge in [-0.15, -0.1) is 0 Å². The van der Waals surface area contributed by atoms with Crippen LogP contribution in [0.3, 0.4) is 0 Å². The summed E-state index contributed by atoms with van der Waals surface area (Å²) < 4.78 is 0. The highest BCUT2D eigenvalue weighted by Gasteiger charge is 2.35. The fraction of sp³-hybridized carbons (Fsp3) is 0.385. The van der Waals surface area contributed by atoms with E-state index < -0.39 is 11.6 Å². The molecule has 2 amide bonds. The number of nitrogens with zero attached hydrogens (tertiary/aromatic N) is 1. The fourth-order valence-electron chi connectivity index (χ4n) is 2.54. The second-order valence-electron chi connectivity index (χ2n) is 4.51. The van der Waals surface area contributed by atoms with Crippen LogP contribution in [-0.4, -0.2) is 12.1 Å². The molecule has 1 aliphatic rings. The van der Waals surface area contributed by atoms with E-state index in [1.54, 1.807) is 12.1 Å². The molecular formula is C13H15N3O2. The summed E-state index contributed by atoms with van der Waals surface area (Å²) in [5.74, 6) is 0. The number of primary amides is 1. The number of anilines is 1. The Balaban J connectivity index is 2.36. The van der Waals surface area contributed by atoms with Gasteiger partial charge in [0.05, 0.1) is 5.54 Å². The largest absolute Gasteiger partial charge is 0.351 e. The zero-order valence-electron chi connectivity index (χ0n) is 9.98. The molecule has 1 aromatic rings. The zero-order valence-corrected chi connectivity index (χ0v) is 9.98. The van der Waals surface area contributed by atoms with E-state index in [-0.39, 0.29) is 0 Å². The third-order valence-electron chi connectivity index (χ3n) is 3.36. The average Bonchev–Trinajstić information content (AvgIpc) is 2.79. The summed E-state index contributed by atoms with van der Waals surface area (Å²) in [6.45, 7) is 0. The zero-order chi connectivity index (χ0) is 13.0. The van der Waals surface area contributed by atoms with E-state index in [1.165, 1.54) is 0 Å². The molecule has 0 aromatic heterocycles. The lowest BCUT2D eigenvalue weighted by atomic mass is 9.89. The standard InChI is InChI=1S/C13H15N3O2/c14-12(18)16-11-5-3-4-10(8-11)13(15-9-17)6-1-2-7-13/h3-5,8H,1-2,6-7H2,(H3,14,16,18). The summed E-state index contributed by atoms with van der Waals surface area (Å²) in [7, 11) is 0. The molecule has 1 aromatic carbocycles. The minimum atomic E-state index is -0.605. The second-order valence-corrected chi connectivity index (χ2v) is 4.51. The molecule has 18 heavy (non-hydrogen) atoms. The van der Waals surface area contributed by atoms with Crippen LogP contribution in [0.1, 0.15) is 31.2 Å². The molecule has 2 rings (SSSR count). The van der Waals surface area contributed by atoms with E-state index in [1.807, 2.05) is 18.2 Å². The van der Waals surface area contributed by atoms with Crippen LogP contribution in [0.5, 0.6) is 0 Å². The Labute approximate surface area is 105 Å². The van der Waals surface area contributed by atoms with E-state index in [9.17, 15) is 9.59 Å². The number of benzene rings is 1. The fourth-order valence-corrected chi connectivity index (χ4v) is 2.54. The van der Waals surface area contributed by atoms with Crippen molar-refractivity contribution in [2.24, 2.45) is 10.7 Å².